The summed E-state index contributed by atoms with van der Waals surface area (Å²) in [4.78, 5) is 25.3. The number of nitrogens with one attached hydrogen (secondary N) is 1. The van der Waals surface area contributed by atoms with E-state index >= 15 is 0 Å². The van der Waals surface area contributed by atoms with Crippen molar-refractivity contribution in [1.29, 1.82) is 0 Å². The molecule has 1 heterocycles. The molecule has 0 saturated carbocycles. The number of rotatable bonds is 5. The summed E-state index contributed by atoms with van der Waals surface area (Å²) >= 11 is 5.60. The fourth-order valence-corrected chi connectivity index (χ4v) is 1.31. The van der Waals surface area contributed by atoms with Gasteiger partial charge in [0.25, 0.3) is 5.91 Å². The van der Waals surface area contributed by atoms with Gasteiger partial charge in [-0.2, -0.15) is 0 Å². The summed E-state index contributed by atoms with van der Waals surface area (Å²) in [6, 6.07) is 0.915. The number of aliphatic hydroxyl groups excluding tert-OH is 1. The molecule has 1 rings (SSSR count). The Morgan fingerprint density at radius 1 is 1.56 bits per heavy atom. The average Bonchev–Trinajstić information content (AvgIpc) is 2.31. The Balaban J connectivity index is 2.55. The van der Waals surface area contributed by atoms with Crippen molar-refractivity contribution in [2.24, 2.45) is 0 Å². The van der Waals surface area contributed by atoms with Crippen LogP contribution in [0.25, 0.3) is 0 Å². The van der Waals surface area contributed by atoms with Gasteiger partial charge in [0, 0.05) is 13.0 Å². The SMILES string of the molecule is O=C(NCCC(O)C(=O)O)c1cc(F)cnc1Cl. The summed E-state index contributed by atoms with van der Waals surface area (Å²) in [6.07, 6.45) is -0.860. The van der Waals surface area contributed by atoms with Crippen LogP contribution in [0.4, 0.5) is 4.39 Å². The van der Waals surface area contributed by atoms with Gasteiger partial charge in [0.05, 0.1) is 11.8 Å². The topological polar surface area (TPSA) is 99.5 Å². The maximum Gasteiger partial charge on any atom is 0.332 e. The van der Waals surface area contributed by atoms with Crippen molar-refractivity contribution < 1.29 is 24.2 Å². The molecule has 6 nitrogen and oxygen atoms in total. The number of aliphatic hydroxyl groups is 1. The number of aliphatic carboxylic acids is 1. The van der Waals surface area contributed by atoms with Crippen molar-refractivity contribution in [3.63, 3.8) is 0 Å². The van der Waals surface area contributed by atoms with Gasteiger partial charge in [-0.15, -0.1) is 0 Å². The molecule has 1 unspecified atom stereocenters. The van der Waals surface area contributed by atoms with Crippen molar-refractivity contribution in [1.82, 2.24) is 10.3 Å². The van der Waals surface area contributed by atoms with Crippen LogP contribution in [0, 0.1) is 5.82 Å². The zero-order valence-electron chi connectivity index (χ0n) is 9.06. The Morgan fingerprint density at radius 2 is 2.22 bits per heavy atom. The molecule has 18 heavy (non-hydrogen) atoms. The van der Waals surface area contributed by atoms with Crippen LogP contribution in [-0.2, 0) is 4.79 Å². The van der Waals surface area contributed by atoms with E-state index in [1.165, 1.54) is 0 Å². The smallest absolute Gasteiger partial charge is 0.332 e. The highest BCUT2D eigenvalue weighted by molar-refractivity contribution is 6.32. The number of nitrogens with zero attached hydrogens (tertiary/aromatic N) is 1. The van der Waals surface area contributed by atoms with Gasteiger partial charge in [0.2, 0.25) is 0 Å². The highest BCUT2D eigenvalue weighted by Gasteiger charge is 2.15. The van der Waals surface area contributed by atoms with Crippen molar-refractivity contribution >= 4 is 23.5 Å². The van der Waals surface area contributed by atoms with Crippen molar-refractivity contribution in [3.05, 3.63) is 28.8 Å². The van der Waals surface area contributed by atoms with Gasteiger partial charge in [0.15, 0.2) is 6.10 Å². The summed E-state index contributed by atoms with van der Waals surface area (Å²) in [5.74, 6) is -2.78. The molecule has 1 atom stereocenters. The van der Waals surface area contributed by atoms with Crippen LogP contribution in [0.2, 0.25) is 5.15 Å². The van der Waals surface area contributed by atoms with Crippen LogP contribution in [0.15, 0.2) is 12.3 Å². The molecule has 1 aromatic rings. The van der Waals surface area contributed by atoms with Gasteiger partial charge in [-0.25, -0.2) is 14.2 Å². The zero-order chi connectivity index (χ0) is 13.7. The molecule has 0 aromatic carbocycles. The molecule has 3 N–H and O–H groups in total. The minimum Gasteiger partial charge on any atom is -0.479 e. The van der Waals surface area contributed by atoms with Gasteiger partial charge in [-0.05, 0) is 6.07 Å². The standard InChI is InChI=1S/C10H10ClFN2O4/c11-8-6(3-5(12)4-14-8)9(16)13-2-1-7(15)10(17)18/h3-4,7,15H,1-2H2,(H,13,16)(H,17,18). The summed E-state index contributed by atoms with van der Waals surface area (Å²) < 4.78 is 12.8. The summed E-state index contributed by atoms with van der Waals surface area (Å²) in [5.41, 5.74) is -0.151. The lowest BCUT2D eigenvalue weighted by Crippen LogP contribution is -2.30. The number of hydrogen-bond donors (Lipinski definition) is 3. The number of carboxylic acids is 1. The fourth-order valence-electron chi connectivity index (χ4n) is 1.12. The second kappa shape index (κ2) is 6.27. The lowest BCUT2D eigenvalue weighted by Gasteiger charge is -2.08. The molecule has 0 bridgehead atoms. The van der Waals surface area contributed by atoms with E-state index in [0.717, 1.165) is 12.3 Å². The van der Waals surface area contributed by atoms with Crippen molar-refractivity contribution in [2.45, 2.75) is 12.5 Å². The maximum atomic E-state index is 12.8. The number of amides is 1. The van der Waals surface area contributed by atoms with Crippen LogP contribution in [0.5, 0.6) is 0 Å². The minimum atomic E-state index is -1.56. The summed E-state index contributed by atoms with van der Waals surface area (Å²) in [7, 11) is 0. The minimum absolute atomic E-state index is 0.0842. The number of carbonyl (C=O) groups excluding carboxylic acids is 1. The van der Waals surface area contributed by atoms with E-state index in [1.54, 1.807) is 0 Å². The van der Waals surface area contributed by atoms with Crippen LogP contribution in [-0.4, -0.2) is 39.7 Å². The number of hydrogen-bond acceptors (Lipinski definition) is 4. The normalized spacial score (nSPS) is 11.9. The van der Waals surface area contributed by atoms with E-state index in [2.05, 4.69) is 10.3 Å². The van der Waals surface area contributed by atoms with Gasteiger partial charge in [-0.3, -0.25) is 4.79 Å². The molecular formula is C10H10ClFN2O4. The molecule has 0 saturated heterocycles. The Kier molecular flexibility index (Phi) is 4.99. The third-order valence-electron chi connectivity index (χ3n) is 2.04. The molecule has 0 radical (unpaired) electrons. The monoisotopic (exact) mass is 276 g/mol. The van der Waals surface area contributed by atoms with Crippen LogP contribution < -0.4 is 5.32 Å². The second-order valence-electron chi connectivity index (χ2n) is 3.39. The van der Waals surface area contributed by atoms with Gasteiger partial charge >= 0.3 is 5.97 Å². The van der Waals surface area contributed by atoms with E-state index < -0.39 is 23.8 Å². The average molecular weight is 277 g/mol. The predicted molar refractivity (Wildman–Crippen MR) is 59.8 cm³/mol. The third-order valence-corrected chi connectivity index (χ3v) is 2.34. The van der Waals surface area contributed by atoms with Crippen LogP contribution in [0.3, 0.4) is 0 Å². The number of pyridine rings is 1. The van der Waals surface area contributed by atoms with Crippen LogP contribution in [0.1, 0.15) is 16.8 Å². The number of aromatic nitrogens is 1. The van der Waals surface area contributed by atoms with Crippen molar-refractivity contribution in [3.8, 4) is 0 Å². The zero-order valence-corrected chi connectivity index (χ0v) is 9.82. The van der Waals surface area contributed by atoms with E-state index in [1.807, 2.05) is 0 Å². The molecule has 0 spiro atoms. The maximum absolute atomic E-state index is 12.8. The first-order valence-corrected chi connectivity index (χ1v) is 5.29. The molecule has 0 fully saturated rings. The van der Waals surface area contributed by atoms with Crippen molar-refractivity contribution in [2.75, 3.05) is 6.54 Å². The summed E-state index contributed by atoms with van der Waals surface area (Å²) in [5, 5.41) is 19.5. The predicted octanol–water partition coefficient (Wildman–Crippen LogP) is 0.439. The number of carbonyl (C=O) groups is 2. The molecule has 0 aliphatic carbocycles. The van der Waals surface area contributed by atoms with E-state index in [-0.39, 0.29) is 23.7 Å². The Labute approximate surface area is 106 Å². The molecule has 1 amide bonds. The third kappa shape index (κ3) is 3.94. The Morgan fingerprint density at radius 3 is 2.83 bits per heavy atom. The lowest BCUT2D eigenvalue weighted by atomic mass is 10.2. The molecular weight excluding hydrogens is 267 g/mol. The van der Waals surface area contributed by atoms with Gasteiger partial charge in [-0.1, -0.05) is 11.6 Å². The highest BCUT2D eigenvalue weighted by atomic mass is 35.5. The van der Waals surface area contributed by atoms with E-state index in [9.17, 15) is 14.0 Å². The van der Waals surface area contributed by atoms with E-state index in [0.29, 0.717) is 0 Å². The van der Waals surface area contributed by atoms with Crippen LogP contribution >= 0.6 is 11.6 Å². The lowest BCUT2D eigenvalue weighted by molar-refractivity contribution is -0.146. The molecule has 98 valence electrons. The summed E-state index contributed by atoms with van der Waals surface area (Å²) in [6.45, 7) is -0.0842. The molecule has 1 aromatic heterocycles. The first-order chi connectivity index (χ1) is 8.41. The van der Waals surface area contributed by atoms with Gasteiger partial charge in [0.1, 0.15) is 11.0 Å². The van der Waals surface area contributed by atoms with Gasteiger partial charge < -0.3 is 15.5 Å². The first kappa shape index (κ1) is 14.3. The quantitative estimate of drug-likeness (QED) is 0.678. The Bertz CT molecular complexity index is 469. The first-order valence-electron chi connectivity index (χ1n) is 4.92. The largest absolute Gasteiger partial charge is 0.479 e. The number of carboxylic acid groups (broad SMARTS) is 1. The molecule has 0 aliphatic rings. The van der Waals surface area contributed by atoms with E-state index in [4.69, 9.17) is 21.8 Å². The number of halogens is 2. The fraction of sp³-hybridized carbons (Fsp3) is 0.300. The Hall–Kier alpha value is -1.73. The highest BCUT2D eigenvalue weighted by Crippen LogP contribution is 2.13. The second-order valence-corrected chi connectivity index (χ2v) is 3.75. The molecule has 8 heteroatoms. The molecule has 0 aliphatic heterocycles.